The van der Waals surface area contributed by atoms with E-state index >= 15 is 0 Å². The molecule has 27 heavy (non-hydrogen) atoms. The van der Waals surface area contributed by atoms with Crippen LogP contribution in [0.15, 0.2) is 91.0 Å². The van der Waals surface area contributed by atoms with Gasteiger partial charge < -0.3 is 0 Å². The van der Waals surface area contributed by atoms with Crippen molar-refractivity contribution in [2.24, 2.45) is 0 Å². The number of hydrogen-bond acceptors (Lipinski definition) is 3. The number of carbonyl (C=O) groups excluding carboxylic acids is 1. The van der Waals surface area contributed by atoms with Crippen molar-refractivity contribution in [1.29, 1.82) is 0 Å². The van der Waals surface area contributed by atoms with Gasteiger partial charge in [0.05, 0.1) is 4.92 Å². The lowest BCUT2D eigenvalue weighted by Gasteiger charge is -2.11. The number of nitrogens with zero attached hydrogens (tertiary/aromatic N) is 1. The van der Waals surface area contributed by atoms with Gasteiger partial charge in [0.25, 0.3) is 5.78 Å². The second-order valence-electron chi connectivity index (χ2n) is 6.01. The average Bonchev–Trinajstić information content (AvgIpc) is 2.70. The van der Waals surface area contributed by atoms with E-state index in [0.717, 1.165) is 11.1 Å². The van der Waals surface area contributed by atoms with Crippen LogP contribution in [0.4, 0.5) is 0 Å². The Morgan fingerprint density at radius 1 is 0.741 bits per heavy atom. The van der Waals surface area contributed by atoms with Crippen LogP contribution in [0.1, 0.15) is 21.5 Å². The number of ketones is 1. The normalized spacial score (nSPS) is 10.6. The van der Waals surface area contributed by atoms with Crippen LogP contribution >= 0.6 is 10.5 Å². The van der Waals surface area contributed by atoms with Gasteiger partial charge in [-0.3, -0.25) is 14.9 Å². The highest BCUT2D eigenvalue weighted by atomic mass is 32.2. The Bertz CT molecular complexity index is 911. The van der Waals surface area contributed by atoms with Crippen molar-refractivity contribution < 1.29 is 9.72 Å². The molecular weight excluding hydrogens is 358 g/mol. The average molecular weight is 377 g/mol. The topological polar surface area (TPSA) is 60.2 Å². The van der Waals surface area contributed by atoms with Crippen LogP contribution < -0.4 is 0 Å². The van der Waals surface area contributed by atoms with Crippen molar-refractivity contribution in [2.75, 3.05) is 0 Å². The first-order valence-electron chi connectivity index (χ1n) is 8.51. The number of nitro groups is 1. The largest absolute Gasteiger partial charge is 0.342 e. The fourth-order valence-corrected chi connectivity index (χ4v) is 4.93. The summed E-state index contributed by atoms with van der Waals surface area (Å²) in [5, 5.41) is 11.9. The van der Waals surface area contributed by atoms with E-state index < -0.39 is 21.2 Å². The molecule has 0 aromatic heterocycles. The highest BCUT2D eigenvalue weighted by Gasteiger charge is 2.28. The molecule has 0 N–H and O–H groups in total. The zero-order valence-electron chi connectivity index (χ0n) is 14.7. The third-order valence-corrected chi connectivity index (χ3v) is 6.28. The molecule has 0 saturated carbocycles. The summed E-state index contributed by atoms with van der Waals surface area (Å²) < 4.78 is 0. The molecule has 5 heteroatoms. The molecule has 3 rings (SSSR count). The number of carbonyl (C=O) groups is 1. The molecule has 0 spiro atoms. The van der Waals surface area contributed by atoms with Crippen LogP contribution in [0.5, 0.6) is 0 Å². The molecule has 0 aliphatic carbocycles. The van der Waals surface area contributed by atoms with Gasteiger partial charge in [0.1, 0.15) is 0 Å². The minimum atomic E-state index is -0.857. The molecule has 0 bridgehead atoms. The Balaban J connectivity index is 2.07. The van der Waals surface area contributed by atoms with E-state index in [4.69, 9.17) is 0 Å². The first-order valence-corrected chi connectivity index (χ1v) is 10.1. The Labute approximate surface area is 160 Å². The molecular formula is C22H19NO3S. The summed E-state index contributed by atoms with van der Waals surface area (Å²) in [6, 6.07) is 27.7. The quantitative estimate of drug-likeness (QED) is 0.264. The van der Waals surface area contributed by atoms with E-state index in [1.807, 2.05) is 60.7 Å². The summed E-state index contributed by atoms with van der Waals surface area (Å²) in [4.78, 5) is 24.1. The number of benzene rings is 3. The van der Waals surface area contributed by atoms with E-state index in [1.54, 1.807) is 30.3 Å². The van der Waals surface area contributed by atoms with Crippen molar-refractivity contribution in [1.82, 2.24) is 0 Å². The molecule has 0 atom stereocenters. The van der Waals surface area contributed by atoms with Gasteiger partial charge in [0.15, 0.2) is 0 Å². The summed E-state index contributed by atoms with van der Waals surface area (Å²) in [7, 11) is -0.857. The molecule has 0 saturated heterocycles. The van der Waals surface area contributed by atoms with Gasteiger partial charge in [-0.15, -0.1) is 0 Å². The molecule has 0 heterocycles. The SMILES string of the molecule is O=C(C([N+](=O)[O-])=S(Cc1ccccc1)Cc1ccccc1)c1ccccc1. The maximum atomic E-state index is 12.9. The number of hydrogen-bond donors (Lipinski definition) is 0. The lowest BCUT2D eigenvalue weighted by Crippen LogP contribution is -2.24. The minimum Gasteiger partial charge on any atom is -0.281 e. The monoisotopic (exact) mass is 377 g/mol. The lowest BCUT2D eigenvalue weighted by molar-refractivity contribution is -0.342. The maximum absolute atomic E-state index is 12.9. The molecule has 4 nitrogen and oxygen atoms in total. The standard InChI is InChI=1S/C22H19NO3S/c24-21(20-14-8-3-9-15-20)22(23(25)26)27(16-18-10-4-1-5-11-18)17-19-12-6-2-7-13-19/h1-15H,16-17H2. The van der Waals surface area contributed by atoms with E-state index in [-0.39, 0.29) is 4.99 Å². The van der Waals surface area contributed by atoms with E-state index in [1.165, 1.54) is 0 Å². The molecule has 3 aromatic rings. The predicted octanol–water partition coefficient (Wildman–Crippen LogP) is 4.95. The van der Waals surface area contributed by atoms with Crippen molar-refractivity contribution in [3.8, 4) is 0 Å². The molecule has 0 unspecified atom stereocenters. The molecule has 3 aromatic carbocycles. The second kappa shape index (κ2) is 9.05. The molecule has 0 fully saturated rings. The van der Waals surface area contributed by atoms with Gasteiger partial charge in [0, 0.05) is 17.1 Å². The zero-order valence-corrected chi connectivity index (χ0v) is 15.5. The summed E-state index contributed by atoms with van der Waals surface area (Å²) in [6.45, 7) is 0. The third kappa shape index (κ3) is 4.99. The third-order valence-electron chi connectivity index (χ3n) is 4.04. The van der Waals surface area contributed by atoms with Crippen molar-refractivity contribution in [3.05, 3.63) is 118 Å². The molecule has 0 aliphatic rings. The van der Waals surface area contributed by atoms with Gasteiger partial charge in [-0.1, -0.05) is 101 Å². The highest BCUT2D eigenvalue weighted by Crippen LogP contribution is 2.29. The van der Waals surface area contributed by atoms with E-state index in [0.29, 0.717) is 17.1 Å². The summed E-state index contributed by atoms with van der Waals surface area (Å²) >= 11 is 0. The van der Waals surface area contributed by atoms with Crippen LogP contribution in [0.3, 0.4) is 0 Å². The number of rotatable bonds is 6. The van der Waals surface area contributed by atoms with E-state index in [2.05, 4.69) is 0 Å². The smallest absolute Gasteiger partial charge is 0.281 e. The number of Topliss-reactive ketones (excluding diaryl/α,β-unsaturated/α-hetero) is 1. The van der Waals surface area contributed by atoms with Crippen LogP contribution in [0, 0.1) is 10.1 Å². The van der Waals surface area contributed by atoms with Crippen LogP contribution in [-0.4, -0.2) is 15.7 Å². The highest BCUT2D eigenvalue weighted by molar-refractivity contribution is 8.15. The van der Waals surface area contributed by atoms with Gasteiger partial charge in [-0.2, -0.15) is 0 Å². The zero-order chi connectivity index (χ0) is 19.1. The Kier molecular flexibility index (Phi) is 6.28. The Morgan fingerprint density at radius 2 is 1.15 bits per heavy atom. The fraction of sp³-hybridized carbons (Fsp3) is 0.0909. The molecule has 0 amide bonds. The van der Waals surface area contributed by atoms with Gasteiger partial charge in [0.2, 0.25) is 0 Å². The fourth-order valence-electron chi connectivity index (χ4n) is 2.77. The van der Waals surface area contributed by atoms with Crippen molar-refractivity contribution in [2.45, 2.75) is 11.5 Å². The lowest BCUT2D eigenvalue weighted by atomic mass is 10.1. The van der Waals surface area contributed by atoms with Gasteiger partial charge in [-0.05, 0) is 11.1 Å². The first kappa shape index (κ1) is 18.7. The molecule has 0 radical (unpaired) electrons. The predicted molar refractivity (Wildman–Crippen MR) is 111 cm³/mol. The summed E-state index contributed by atoms with van der Waals surface area (Å²) in [5.74, 6) is 0.422. The van der Waals surface area contributed by atoms with E-state index in [9.17, 15) is 14.9 Å². The summed E-state index contributed by atoms with van der Waals surface area (Å²) in [5.41, 5.74) is 2.32. The first-order chi connectivity index (χ1) is 13.1. The van der Waals surface area contributed by atoms with Crippen LogP contribution in [0.25, 0.3) is 0 Å². The van der Waals surface area contributed by atoms with Gasteiger partial charge in [-0.25, -0.2) is 0 Å². The Hall–Kier alpha value is -3.05. The van der Waals surface area contributed by atoms with Gasteiger partial charge >= 0.3 is 4.99 Å². The second-order valence-corrected chi connectivity index (χ2v) is 7.96. The van der Waals surface area contributed by atoms with Crippen LogP contribution in [0.2, 0.25) is 0 Å². The maximum Gasteiger partial charge on any atom is 0.342 e. The van der Waals surface area contributed by atoms with Crippen molar-refractivity contribution in [3.63, 3.8) is 0 Å². The summed E-state index contributed by atoms with van der Waals surface area (Å²) in [6.07, 6.45) is 0. The molecule has 0 aliphatic heterocycles. The Morgan fingerprint density at radius 3 is 1.56 bits per heavy atom. The molecule has 136 valence electrons. The minimum absolute atomic E-state index is 0.228. The van der Waals surface area contributed by atoms with Crippen LogP contribution in [-0.2, 0) is 11.5 Å². The van der Waals surface area contributed by atoms with Crippen molar-refractivity contribution >= 4 is 21.3 Å².